The van der Waals surface area contributed by atoms with Crippen molar-refractivity contribution in [3.8, 4) is 28.7 Å². The lowest BCUT2D eigenvalue weighted by Crippen LogP contribution is -2.24. The van der Waals surface area contributed by atoms with Gasteiger partial charge in [0.2, 0.25) is 6.79 Å². The molecule has 198 valence electrons. The van der Waals surface area contributed by atoms with Gasteiger partial charge in [-0.1, -0.05) is 18.2 Å². The molecule has 6 rings (SSSR count). The molecule has 2 N–H and O–H groups in total. The molecule has 3 aromatic carbocycles. The van der Waals surface area contributed by atoms with Crippen molar-refractivity contribution in [2.75, 3.05) is 12.1 Å². The number of aromatic nitrogens is 3. The second-order valence-electron chi connectivity index (χ2n) is 8.79. The van der Waals surface area contributed by atoms with Crippen molar-refractivity contribution in [3.63, 3.8) is 0 Å². The van der Waals surface area contributed by atoms with Gasteiger partial charge < -0.3 is 24.8 Å². The van der Waals surface area contributed by atoms with E-state index in [2.05, 4.69) is 20.7 Å². The highest BCUT2D eigenvalue weighted by molar-refractivity contribution is 5.94. The average molecular weight is 534 g/mol. The predicted octanol–water partition coefficient (Wildman–Crippen LogP) is 4.82. The van der Waals surface area contributed by atoms with Crippen molar-refractivity contribution < 1.29 is 19.0 Å². The highest BCUT2D eigenvalue weighted by atomic mass is 16.7. The average Bonchev–Trinajstić information content (AvgIpc) is 3.47. The van der Waals surface area contributed by atoms with Crippen molar-refractivity contribution in [1.29, 1.82) is 0 Å². The van der Waals surface area contributed by atoms with Crippen molar-refractivity contribution in [1.82, 2.24) is 20.1 Å². The van der Waals surface area contributed by atoms with E-state index in [1.807, 2.05) is 30.3 Å². The van der Waals surface area contributed by atoms with Crippen LogP contribution in [0.25, 0.3) is 5.69 Å². The Morgan fingerprint density at radius 2 is 1.70 bits per heavy atom. The molecule has 2 aromatic heterocycles. The van der Waals surface area contributed by atoms with Crippen LogP contribution in [0.15, 0.2) is 108 Å². The highest BCUT2D eigenvalue weighted by Gasteiger charge is 2.18. The fraction of sp³-hybridized carbons (Fsp3) is 0.0667. The molecular weight excluding hydrogens is 510 g/mol. The minimum atomic E-state index is -0.413. The molecule has 40 heavy (non-hydrogen) atoms. The van der Waals surface area contributed by atoms with Crippen LogP contribution in [0.1, 0.15) is 15.9 Å². The van der Waals surface area contributed by atoms with Gasteiger partial charge in [0.25, 0.3) is 11.5 Å². The number of hydrogen-bond donors (Lipinski definition) is 2. The van der Waals surface area contributed by atoms with E-state index in [1.165, 1.54) is 10.9 Å². The third-order valence-electron chi connectivity index (χ3n) is 6.13. The minimum Gasteiger partial charge on any atom is -0.454 e. The normalized spacial score (nSPS) is 11.6. The van der Waals surface area contributed by atoms with Crippen LogP contribution in [-0.2, 0) is 6.54 Å². The highest BCUT2D eigenvalue weighted by Crippen LogP contribution is 2.37. The summed E-state index contributed by atoms with van der Waals surface area (Å²) in [5, 5.41) is 10.4. The van der Waals surface area contributed by atoms with Crippen molar-refractivity contribution in [2.45, 2.75) is 6.54 Å². The number of carbonyl (C=O) groups is 1. The molecule has 0 spiro atoms. The summed E-state index contributed by atoms with van der Waals surface area (Å²) >= 11 is 0. The van der Waals surface area contributed by atoms with E-state index in [-0.39, 0.29) is 24.1 Å². The van der Waals surface area contributed by atoms with Crippen LogP contribution in [0.3, 0.4) is 0 Å². The molecule has 5 aromatic rings. The lowest BCUT2D eigenvalue weighted by Gasteiger charge is -2.15. The fourth-order valence-corrected chi connectivity index (χ4v) is 4.09. The van der Waals surface area contributed by atoms with Gasteiger partial charge in [-0.15, -0.1) is 0 Å². The van der Waals surface area contributed by atoms with Crippen LogP contribution in [0.2, 0.25) is 0 Å². The maximum absolute atomic E-state index is 13.6. The lowest BCUT2D eigenvalue weighted by molar-refractivity contribution is 0.0951. The van der Waals surface area contributed by atoms with Gasteiger partial charge >= 0.3 is 0 Å². The molecule has 0 aliphatic carbocycles. The summed E-state index contributed by atoms with van der Waals surface area (Å²) in [6.07, 6.45) is 4.83. The van der Waals surface area contributed by atoms with Gasteiger partial charge in [-0.2, -0.15) is 9.78 Å². The first-order valence-electron chi connectivity index (χ1n) is 12.4. The Morgan fingerprint density at radius 1 is 0.925 bits per heavy atom. The first-order chi connectivity index (χ1) is 19.6. The summed E-state index contributed by atoms with van der Waals surface area (Å²) < 4.78 is 18.2. The predicted molar refractivity (Wildman–Crippen MR) is 148 cm³/mol. The van der Waals surface area contributed by atoms with Gasteiger partial charge in [0.05, 0.1) is 11.9 Å². The minimum absolute atomic E-state index is 0.137. The summed E-state index contributed by atoms with van der Waals surface area (Å²) in [7, 11) is 0. The number of anilines is 2. The number of para-hydroxylation sites is 1. The molecule has 1 aliphatic heterocycles. The number of hydrogen-bond acceptors (Lipinski definition) is 8. The molecular formula is C30H23N5O5. The number of nitrogens with one attached hydrogen (secondary N) is 2. The van der Waals surface area contributed by atoms with E-state index >= 15 is 0 Å². The van der Waals surface area contributed by atoms with Gasteiger partial charge in [0.15, 0.2) is 22.9 Å². The largest absolute Gasteiger partial charge is 0.454 e. The van der Waals surface area contributed by atoms with E-state index in [1.54, 1.807) is 67.0 Å². The number of nitrogens with zero attached hydrogens (tertiary/aromatic N) is 3. The standard InChI is InChI=1S/C30H23N5O5/c36-29(32-17-20-12-14-31-15-13-20)21-6-8-22(9-7-21)34-28-27(40-24-10-11-25-26(16-24)39-19-38-25)18-33-35(30(28)37)23-4-2-1-3-5-23/h1-16,18,34H,17,19H2,(H,32,36). The van der Waals surface area contributed by atoms with Crippen LogP contribution in [0, 0.1) is 0 Å². The molecule has 0 bridgehead atoms. The summed E-state index contributed by atoms with van der Waals surface area (Å²) in [6, 6.07) is 24.7. The van der Waals surface area contributed by atoms with Crippen LogP contribution in [0.5, 0.6) is 23.0 Å². The number of benzene rings is 3. The number of ether oxygens (including phenoxy) is 3. The summed E-state index contributed by atoms with van der Waals surface area (Å²) in [4.78, 5) is 30.2. The molecule has 10 nitrogen and oxygen atoms in total. The molecule has 0 fully saturated rings. The summed E-state index contributed by atoms with van der Waals surface area (Å²) in [6.45, 7) is 0.524. The maximum Gasteiger partial charge on any atom is 0.299 e. The quantitative estimate of drug-likeness (QED) is 0.292. The van der Waals surface area contributed by atoms with E-state index in [0.29, 0.717) is 40.7 Å². The second-order valence-corrected chi connectivity index (χ2v) is 8.79. The summed E-state index contributed by atoms with van der Waals surface area (Å²) in [5.74, 6) is 1.62. The molecule has 1 aliphatic rings. The van der Waals surface area contributed by atoms with Gasteiger partial charge in [-0.05, 0) is 66.2 Å². The van der Waals surface area contributed by atoms with E-state index in [4.69, 9.17) is 14.2 Å². The maximum atomic E-state index is 13.6. The number of amides is 1. The van der Waals surface area contributed by atoms with E-state index in [0.717, 1.165) is 5.56 Å². The van der Waals surface area contributed by atoms with Crippen LogP contribution < -0.4 is 30.4 Å². The zero-order valence-electron chi connectivity index (χ0n) is 21.1. The molecule has 3 heterocycles. The first-order valence-corrected chi connectivity index (χ1v) is 12.4. The number of fused-ring (bicyclic) bond motifs is 1. The Kier molecular flexibility index (Phi) is 6.79. The van der Waals surface area contributed by atoms with Crippen molar-refractivity contribution >= 4 is 17.3 Å². The fourth-order valence-electron chi connectivity index (χ4n) is 4.09. The van der Waals surface area contributed by atoms with Crippen molar-refractivity contribution in [3.05, 3.63) is 125 Å². The Labute approximate surface area is 228 Å². The Morgan fingerprint density at radius 3 is 2.50 bits per heavy atom. The monoisotopic (exact) mass is 533 g/mol. The topological polar surface area (TPSA) is 117 Å². The SMILES string of the molecule is O=C(NCc1ccncc1)c1ccc(Nc2c(Oc3ccc4c(c3)OCO4)cnn(-c3ccccc3)c2=O)cc1. The molecule has 0 saturated heterocycles. The number of rotatable bonds is 8. The number of pyridine rings is 1. The molecule has 0 saturated carbocycles. The Balaban J connectivity index is 1.27. The Bertz CT molecular complexity index is 1710. The molecule has 10 heteroatoms. The smallest absolute Gasteiger partial charge is 0.299 e. The van der Waals surface area contributed by atoms with Crippen LogP contribution in [-0.4, -0.2) is 27.5 Å². The zero-order chi connectivity index (χ0) is 27.3. The van der Waals surface area contributed by atoms with Gasteiger partial charge in [0, 0.05) is 36.3 Å². The van der Waals surface area contributed by atoms with Gasteiger partial charge in [-0.3, -0.25) is 14.6 Å². The third-order valence-corrected chi connectivity index (χ3v) is 6.13. The first kappa shape index (κ1) is 24.7. The van der Waals surface area contributed by atoms with Gasteiger partial charge in [0.1, 0.15) is 5.75 Å². The summed E-state index contributed by atoms with van der Waals surface area (Å²) in [5.41, 5.74) is 2.38. The molecule has 0 radical (unpaired) electrons. The zero-order valence-corrected chi connectivity index (χ0v) is 21.1. The van der Waals surface area contributed by atoms with Crippen molar-refractivity contribution in [2.24, 2.45) is 0 Å². The Hall–Kier alpha value is -5.64. The molecule has 0 atom stereocenters. The number of carbonyl (C=O) groups excluding carboxylic acids is 1. The third kappa shape index (κ3) is 5.32. The van der Waals surface area contributed by atoms with Crippen LogP contribution in [0.4, 0.5) is 11.4 Å². The lowest BCUT2D eigenvalue weighted by atomic mass is 10.2. The second kappa shape index (κ2) is 11.0. The molecule has 0 unspecified atom stereocenters. The van der Waals surface area contributed by atoms with E-state index < -0.39 is 5.56 Å². The van der Waals surface area contributed by atoms with E-state index in [9.17, 15) is 9.59 Å². The van der Waals surface area contributed by atoms with Crippen LogP contribution >= 0.6 is 0 Å². The molecule has 1 amide bonds. The van der Waals surface area contributed by atoms with Gasteiger partial charge in [-0.25, -0.2) is 0 Å².